The first-order chi connectivity index (χ1) is 10.7. The van der Waals surface area contributed by atoms with E-state index < -0.39 is 0 Å². The van der Waals surface area contributed by atoms with Crippen LogP contribution in [0, 0.1) is 0 Å². The number of thiophene rings is 1. The number of ether oxygens (including phenoxy) is 2. The lowest BCUT2D eigenvalue weighted by molar-refractivity contribution is 0.144. The average Bonchev–Trinajstić information content (AvgIpc) is 3.03. The Morgan fingerprint density at radius 3 is 2.86 bits per heavy atom. The van der Waals surface area contributed by atoms with E-state index in [0.29, 0.717) is 24.8 Å². The standard InChI is InChI=1S/C15H19N3O3S/c1-11(13-4-3-9-22-13)17-15(19)18-12-5-6-14(16-10-12)21-8-7-20-2/h3-6,9-11H,7-8H2,1-2H3,(H2,17,18,19)/t11-/m0/s1. The van der Waals surface area contributed by atoms with Crippen molar-refractivity contribution in [3.8, 4) is 5.88 Å². The van der Waals surface area contributed by atoms with E-state index >= 15 is 0 Å². The number of amides is 2. The minimum Gasteiger partial charge on any atom is -0.475 e. The molecule has 0 saturated heterocycles. The number of aromatic nitrogens is 1. The second-order valence-corrected chi connectivity index (χ2v) is 5.54. The van der Waals surface area contributed by atoms with E-state index in [0.717, 1.165) is 4.88 Å². The summed E-state index contributed by atoms with van der Waals surface area (Å²) in [4.78, 5) is 17.1. The quantitative estimate of drug-likeness (QED) is 0.769. The van der Waals surface area contributed by atoms with Crippen molar-refractivity contribution >= 4 is 23.1 Å². The number of rotatable bonds is 7. The first-order valence-electron chi connectivity index (χ1n) is 6.87. The fourth-order valence-corrected chi connectivity index (χ4v) is 2.48. The van der Waals surface area contributed by atoms with Crippen molar-refractivity contribution in [2.75, 3.05) is 25.6 Å². The molecule has 118 valence electrons. The Balaban J connectivity index is 1.81. The maximum Gasteiger partial charge on any atom is 0.319 e. The maximum absolute atomic E-state index is 11.9. The molecule has 2 aromatic heterocycles. The summed E-state index contributed by atoms with van der Waals surface area (Å²) in [7, 11) is 1.61. The predicted octanol–water partition coefficient (Wildman–Crippen LogP) is 3.05. The molecule has 0 radical (unpaired) electrons. The number of carbonyl (C=O) groups is 1. The normalized spacial score (nSPS) is 11.7. The van der Waals surface area contributed by atoms with E-state index in [1.165, 1.54) is 0 Å². The molecule has 2 rings (SSSR count). The molecule has 0 bridgehead atoms. The zero-order chi connectivity index (χ0) is 15.8. The van der Waals surface area contributed by atoms with Crippen LogP contribution in [-0.4, -0.2) is 31.3 Å². The van der Waals surface area contributed by atoms with E-state index in [4.69, 9.17) is 9.47 Å². The van der Waals surface area contributed by atoms with Crippen molar-refractivity contribution in [3.63, 3.8) is 0 Å². The van der Waals surface area contributed by atoms with Crippen LogP contribution in [0.1, 0.15) is 17.8 Å². The number of carbonyl (C=O) groups excluding carboxylic acids is 1. The molecule has 6 nitrogen and oxygen atoms in total. The summed E-state index contributed by atoms with van der Waals surface area (Å²) < 4.78 is 10.2. The van der Waals surface area contributed by atoms with Crippen molar-refractivity contribution in [3.05, 3.63) is 40.7 Å². The summed E-state index contributed by atoms with van der Waals surface area (Å²) in [6.45, 7) is 2.89. The van der Waals surface area contributed by atoms with Gasteiger partial charge in [-0.05, 0) is 24.4 Å². The number of anilines is 1. The molecule has 0 aromatic carbocycles. The van der Waals surface area contributed by atoms with Crippen molar-refractivity contribution in [2.24, 2.45) is 0 Å². The largest absolute Gasteiger partial charge is 0.475 e. The number of nitrogens with zero attached hydrogens (tertiary/aromatic N) is 1. The maximum atomic E-state index is 11.9. The number of hydrogen-bond acceptors (Lipinski definition) is 5. The van der Waals surface area contributed by atoms with E-state index in [2.05, 4.69) is 15.6 Å². The molecule has 0 unspecified atom stereocenters. The lowest BCUT2D eigenvalue weighted by Gasteiger charge is -2.13. The summed E-state index contributed by atoms with van der Waals surface area (Å²) in [6.07, 6.45) is 1.55. The number of nitrogens with one attached hydrogen (secondary N) is 2. The van der Waals surface area contributed by atoms with Crippen molar-refractivity contribution < 1.29 is 14.3 Å². The smallest absolute Gasteiger partial charge is 0.319 e. The summed E-state index contributed by atoms with van der Waals surface area (Å²) in [5, 5.41) is 7.60. The van der Waals surface area contributed by atoms with Crippen LogP contribution < -0.4 is 15.4 Å². The zero-order valence-corrected chi connectivity index (χ0v) is 13.4. The van der Waals surface area contributed by atoms with Crippen LogP contribution in [0.25, 0.3) is 0 Å². The monoisotopic (exact) mass is 321 g/mol. The summed E-state index contributed by atoms with van der Waals surface area (Å²) in [5.74, 6) is 0.495. The number of methoxy groups -OCH3 is 1. The van der Waals surface area contributed by atoms with Gasteiger partial charge in [0.15, 0.2) is 0 Å². The minimum atomic E-state index is -0.268. The van der Waals surface area contributed by atoms with Gasteiger partial charge in [0.1, 0.15) is 6.61 Å². The number of hydrogen-bond donors (Lipinski definition) is 2. The van der Waals surface area contributed by atoms with Gasteiger partial charge in [0.25, 0.3) is 0 Å². The SMILES string of the molecule is COCCOc1ccc(NC(=O)N[C@@H](C)c2cccs2)cn1. The molecule has 7 heteroatoms. The highest BCUT2D eigenvalue weighted by Crippen LogP contribution is 2.18. The van der Waals surface area contributed by atoms with Gasteiger partial charge in [-0.1, -0.05) is 6.07 Å². The van der Waals surface area contributed by atoms with Crippen LogP contribution in [0.2, 0.25) is 0 Å². The minimum absolute atomic E-state index is 0.0374. The fraction of sp³-hybridized carbons (Fsp3) is 0.333. The van der Waals surface area contributed by atoms with E-state index in [1.807, 2.05) is 24.4 Å². The summed E-state index contributed by atoms with van der Waals surface area (Å²) >= 11 is 1.61. The highest BCUT2D eigenvalue weighted by Gasteiger charge is 2.10. The van der Waals surface area contributed by atoms with Gasteiger partial charge in [0.2, 0.25) is 5.88 Å². The predicted molar refractivity (Wildman–Crippen MR) is 86.5 cm³/mol. The van der Waals surface area contributed by atoms with Crippen molar-refractivity contribution in [2.45, 2.75) is 13.0 Å². The van der Waals surface area contributed by atoms with Crippen LogP contribution in [0.15, 0.2) is 35.8 Å². The Morgan fingerprint density at radius 1 is 1.36 bits per heavy atom. The van der Waals surface area contributed by atoms with Crippen LogP contribution in [0.3, 0.4) is 0 Å². The molecule has 2 heterocycles. The van der Waals surface area contributed by atoms with Gasteiger partial charge in [-0.15, -0.1) is 11.3 Å². The Hall–Kier alpha value is -2.12. The molecule has 0 saturated carbocycles. The van der Waals surface area contributed by atoms with Gasteiger partial charge in [-0.2, -0.15) is 0 Å². The van der Waals surface area contributed by atoms with Gasteiger partial charge in [0, 0.05) is 18.1 Å². The Bertz CT molecular complexity index is 572. The molecule has 2 aromatic rings. The number of pyridine rings is 1. The van der Waals surface area contributed by atoms with Gasteiger partial charge in [-0.3, -0.25) is 0 Å². The van der Waals surface area contributed by atoms with E-state index in [1.54, 1.807) is 36.8 Å². The molecule has 22 heavy (non-hydrogen) atoms. The van der Waals surface area contributed by atoms with Gasteiger partial charge in [0.05, 0.1) is 24.5 Å². The van der Waals surface area contributed by atoms with Crippen molar-refractivity contribution in [1.29, 1.82) is 0 Å². The molecule has 0 spiro atoms. The summed E-state index contributed by atoms with van der Waals surface area (Å²) in [6, 6.07) is 7.09. The molecule has 0 aliphatic rings. The van der Waals surface area contributed by atoms with Crippen molar-refractivity contribution in [1.82, 2.24) is 10.3 Å². The molecule has 0 fully saturated rings. The van der Waals surface area contributed by atoms with Gasteiger partial charge >= 0.3 is 6.03 Å². The lowest BCUT2D eigenvalue weighted by atomic mass is 10.3. The number of urea groups is 1. The Morgan fingerprint density at radius 2 is 2.23 bits per heavy atom. The lowest BCUT2D eigenvalue weighted by Crippen LogP contribution is -2.30. The zero-order valence-electron chi connectivity index (χ0n) is 12.5. The van der Waals surface area contributed by atoms with Gasteiger partial charge in [-0.25, -0.2) is 9.78 Å². The van der Waals surface area contributed by atoms with Crippen LogP contribution in [0.5, 0.6) is 5.88 Å². The third kappa shape index (κ3) is 5.01. The second-order valence-electron chi connectivity index (χ2n) is 4.56. The molecular weight excluding hydrogens is 302 g/mol. The molecule has 1 atom stereocenters. The van der Waals surface area contributed by atoms with Crippen LogP contribution in [0.4, 0.5) is 10.5 Å². The Kier molecular flexibility index (Phi) is 6.17. The van der Waals surface area contributed by atoms with E-state index in [9.17, 15) is 4.79 Å². The van der Waals surface area contributed by atoms with Gasteiger partial charge < -0.3 is 20.1 Å². The molecule has 2 amide bonds. The molecule has 0 aliphatic carbocycles. The molecule has 0 aliphatic heterocycles. The first kappa shape index (κ1) is 16.3. The van der Waals surface area contributed by atoms with Crippen LogP contribution >= 0.6 is 11.3 Å². The Labute approximate surface area is 133 Å². The van der Waals surface area contributed by atoms with E-state index in [-0.39, 0.29) is 12.1 Å². The van der Waals surface area contributed by atoms with Crippen LogP contribution in [-0.2, 0) is 4.74 Å². The first-order valence-corrected chi connectivity index (χ1v) is 7.75. The fourth-order valence-electron chi connectivity index (χ4n) is 1.74. The highest BCUT2D eigenvalue weighted by atomic mass is 32.1. The summed E-state index contributed by atoms with van der Waals surface area (Å²) in [5.41, 5.74) is 0.606. The average molecular weight is 321 g/mol. The highest BCUT2D eigenvalue weighted by molar-refractivity contribution is 7.10. The topological polar surface area (TPSA) is 72.5 Å². The molecule has 2 N–H and O–H groups in total. The second kappa shape index (κ2) is 8.35. The molecular formula is C15H19N3O3S. The third-order valence-corrected chi connectivity index (χ3v) is 3.90. The third-order valence-electron chi connectivity index (χ3n) is 2.85.